The zero-order valence-corrected chi connectivity index (χ0v) is 8.22. The van der Waals surface area contributed by atoms with Crippen molar-refractivity contribution in [2.75, 3.05) is 0 Å². The minimum absolute atomic E-state index is 0.350. The minimum atomic E-state index is -0.576. The molecule has 0 aliphatic heterocycles. The first kappa shape index (κ1) is 8.97. The van der Waals surface area contributed by atoms with E-state index in [-0.39, 0.29) is 0 Å². The Kier molecular flexibility index (Phi) is 2.87. The highest BCUT2D eigenvalue weighted by atomic mass is 79.9. The quantitative estimate of drug-likeness (QED) is 0.760. The fourth-order valence-corrected chi connectivity index (χ4v) is 1.34. The maximum atomic E-state index is 9.18. The van der Waals surface area contributed by atoms with Crippen LogP contribution in [0, 0.1) is 0 Å². The fourth-order valence-electron chi connectivity index (χ4n) is 0.731. The standard InChI is InChI=1S/C7H7BrClNO/c1-4(11)6-2-5(8)3-10-7(6)9/h2-4,11H,1H3/t4-/m0/s1. The summed E-state index contributed by atoms with van der Waals surface area (Å²) in [6, 6.07) is 1.75. The van der Waals surface area contributed by atoms with Crippen molar-refractivity contribution >= 4 is 27.5 Å². The molecule has 0 radical (unpaired) electrons. The van der Waals surface area contributed by atoms with Crippen LogP contribution in [0.25, 0.3) is 0 Å². The molecule has 1 N–H and O–H groups in total. The molecule has 0 aromatic carbocycles. The normalized spacial score (nSPS) is 13.1. The number of hydrogen-bond donors (Lipinski definition) is 1. The van der Waals surface area contributed by atoms with E-state index in [1.165, 1.54) is 0 Å². The highest BCUT2D eigenvalue weighted by Gasteiger charge is 2.07. The lowest BCUT2D eigenvalue weighted by Gasteiger charge is -2.05. The fraction of sp³-hybridized carbons (Fsp3) is 0.286. The van der Waals surface area contributed by atoms with Gasteiger partial charge in [-0.15, -0.1) is 0 Å². The molecule has 1 heterocycles. The second-order valence-corrected chi connectivity index (χ2v) is 3.48. The van der Waals surface area contributed by atoms with Gasteiger partial charge in [0.1, 0.15) is 5.15 Å². The third-order valence-corrected chi connectivity index (χ3v) is 2.03. The van der Waals surface area contributed by atoms with E-state index < -0.39 is 6.10 Å². The maximum absolute atomic E-state index is 9.18. The predicted octanol–water partition coefficient (Wildman–Crippen LogP) is 2.55. The van der Waals surface area contributed by atoms with Crippen LogP contribution in [-0.2, 0) is 0 Å². The highest BCUT2D eigenvalue weighted by Crippen LogP contribution is 2.23. The lowest BCUT2D eigenvalue weighted by Crippen LogP contribution is -1.93. The van der Waals surface area contributed by atoms with E-state index in [9.17, 15) is 5.11 Å². The average molecular weight is 236 g/mol. The van der Waals surface area contributed by atoms with E-state index in [2.05, 4.69) is 20.9 Å². The molecule has 0 aliphatic carbocycles. The Morgan fingerprint density at radius 3 is 2.82 bits per heavy atom. The zero-order chi connectivity index (χ0) is 8.43. The van der Waals surface area contributed by atoms with Crippen LogP contribution in [0.4, 0.5) is 0 Å². The van der Waals surface area contributed by atoms with E-state index in [1.807, 2.05) is 0 Å². The Bertz CT molecular complexity index is 265. The van der Waals surface area contributed by atoms with Crippen molar-refractivity contribution < 1.29 is 5.11 Å². The van der Waals surface area contributed by atoms with Crippen LogP contribution in [0.5, 0.6) is 0 Å². The number of hydrogen-bond acceptors (Lipinski definition) is 2. The van der Waals surface area contributed by atoms with Gasteiger partial charge in [0, 0.05) is 16.2 Å². The van der Waals surface area contributed by atoms with Crippen LogP contribution in [0.2, 0.25) is 5.15 Å². The van der Waals surface area contributed by atoms with Crippen LogP contribution >= 0.6 is 27.5 Å². The molecule has 0 fully saturated rings. The summed E-state index contributed by atoms with van der Waals surface area (Å²) in [6.07, 6.45) is 1.02. The highest BCUT2D eigenvalue weighted by molar-refractivity contribution is 9.10. The molecule has 0 saturated heterocycles. The van der Waals surface area contributed by atoms with Crippen molar-refractivity contribution in [2.45, 2.75) is 13.0 Å². The smallest absolute Gasteiger partial charge is 0.134 e. The minimum Gasteiger partial charge on any atom is -0.389 e. The largest absolute Gasteiger partial charge is 0.389 e. The summed E-state index contributed by atoms with van der Waals surface area (Å²) in [5.74, 6) is 0. The van der Waals surface area contributed by atoms with Crippen LogP contribution in [-0.4, -0.2) is 10.1 Å². The molecule has 1 rings (SSSR count). The Labute approximate surface area is 78.3 Å². The summed E-state index contributed by atoms with van der Waals surface area (Å²) in [7, 11) is 0. The van der Waals surface area contributed by atoms with Crippen molar-refractivity contribution in [1.29, 1.82) is 0 Å². The van der Waals surface area contributed by atoms with Gasteiger partial charge in [0.15, 0.2) is 0 Å². The second-order valence-electron chi connectivity index (χ2n) is 2.21. The van der Waals surface area contributed by atoms with Gasteiger partial charge in [-0.25, -0.2) is 4.98 Å². The molecule has 0 saturated carbocycles. The Morgan fingerprint density at radius 1 is 1.73 bits per heavy atom. The summed E-state index contributed by atoms with van der Waals surface area (Å²) in [6.45, 7) is 1.65. The van der Waals surface area contributed by atoms with Crippen molar-refractivity contribution in [3.63, 3.8) is 0 Å². The number of pyridine rings is 1. The SMILES string of the molecule is C[C@H](O)c1cc(Br)cnc1Cl. The summed E-state index contributed by atoms with van der Waals surface area (Å²) in [4.78, 5) is 3.86. The summed E-state index contributed by atoms with van der Waals surface area (Å²) < 4.78 is 0.817. The third-order valence-electron chi connectivity index (χ3n) is 1.28. The van der Waals surface area contributed by atoms with Gasteiger partial charge in [-0.05, 0) is 28.9 Å². The van der Waals surface area contributed by atoms with Crippen LogP contribution in [0.3, 0.4) is 0 Å². The molecule has 1 aromatic rings. The van der Waals surface area contributed by atoms with E-state index in [1.54, 1.807) is 19.2 Å². The molecule has 11 heavy (non-hydrogen) atoms. The monoisotopic (exact) mass is 235 g/mol. The van der Waals surface area contributed by atoms with Gasteiger partial charge in [0.05, 0.1) is 6.10 Å². The third kappa shape index (κ3) is 2.15. The number of aliphatic hydroxyl groups excluding tert-OH is 1. The molecule has 60 valence electrons. The molecule has 1 atom stereocenters. The Morgan fingerprint density at radius 2 is 2.36 bits per heavy atom. The van der Waals surface area contributed by atoms with E-state index in [0.717, 1.165) is 4.47 Å². The second kappa shape index (κ2) is 3.52. The van der Waals surface area contributed by atoms with Crippen molar-refractivity contribution in [3.05, 3.63) is 27.5 Å². The Balaban J connectivity index is 3.13. The molecule has 0 bridgehead atoms. The molecule has 4 heteroatoms. The van der Waals surface area contributed by atoms with Gasteiger partial charge in [-0.2, -0.15) is 0 Å². The summed E-state index contributed by atoms with van der Waals surface area (Å²) in [5.41, 5.74) is 0.640. The van der Waals surface area contributed by atoms with Gasteiger partial charge in [-0.1, -0.05) is 11.6 Å². The molecule has 2 nitrogen and oxygen atoms in total. The number of aromatic nitrogens is 1. The lowest BCUT2D eigenvalue weighted by molar-refractivity contribution is 0.199. The van der Waals surface area contributed by atoms with E-state index in [0.29, 0.717) is 10.7 Å². The first-order chi connectivity index (χ1) is 5.11. The van der Waals surface area contributed by atoms with Crippen molar-refractivity contribution in [3.8, 4) is 0 Å². The number of rotatable bonds is 1. The molecule has 0 spiro atoms. The van der Waals surface area contributed by atoms with Gasteiger partial charge >= 0.3 is 0 Å². The molecular weight excluding hydrogens is 229 g/mol. The topological polar surface area (TPSA) is 33.1 Å². The summed E-state index contributed by atoms with van der Waals surface area (Å²) in [5, 5.41) is 9.53. The molecular formula is C7H7BrClNO. The Hall–Kier alpha value is -0.120. The molecule has 0 aliphatic rings. The molecule has 0 amide bonds. The van der Waals surface area contributed by atoms with Crippen molar-refractivity contribution in [2.24, 2.45) is 0 Å². The van der Waals surface area contributed by atoms with E-state index >= 15 is 0 Å². The van der Waals surface area contributed by atoms with Gasteiger partial charge < -0.3 is 5.11 Å². The summed E-state index contributed by atoms with van der Waals surface area (Å²) >= 11 is 8.93. The van der Waals surface area contributed by atoms with Gasteiger partial charge in [-0.3, -0.25) is 0 Å². The van der Waals surface area contributed by atoms with Crippen LogP contribution < -0.4 is 0 Å². The van der Waals surface area contributed by atoms with Gasteiger partial charge in [0.2, 0.25) is 0 Å². The zero-order valence-electron chi connectivity index (χ0n) is 5.88. The number of aliphatic hydroxyl groups is 1. The number of nitrogens with zero attached hydrogens (tertiary/aromatic N) is 1. The lowest BCUT2D eigenvalue weighted by atomic mass is 10.2. The molecule has 0 unspecified atom stereocenters. The first-order valence-corrected chi connectivity index (χ1v) is 4.27. The van der Waals surface area contributed by atoms with Gasteiger partial charge in [0.25, 0.3) is 0 Å². The van der Waals surface area contributed by atoms with E-state index in [4.69, 9.17) is 11.6 Å². The average Bonchev–Trinajstić information content (AvgIpc) is 1.94. The molecule has 1 aromatic heterocycles. The van der Waals surface area contributed by atoms with Crippen LogP contribution in [0.15, 0.2) is 16.7 Å². The first-order valence-electron chi connectivity index (χ1n) is 3.10. The van der Waals surface area contributed by atoms with Crippen LogP contribution in [0.1, 0.15) is 18.6 Å². The van der Waals surface area contributed by atoms with Crippen molar-refractivity contribution in [1.82, 2.24) is 4.98 Å². The predicted molar refractivity (Wildman–Crippen MR) is 47.6 cm³/mol. The maximum Gasteiger partial charge on any atom is 0.134 e. The number of halogens is 2.